The summed E-state index contributed by atoms with van der Waals surface area (Å²) < 4.78 is 6.26. The molecule has 0 saturated heterocycles. The van der Waals surface area contributed by atoms with Gasteiger partial charge in [0.05, 0.1) is 16.8 Å². The molecular weight excluding hydrogens is 415 g/mol. The van der Waals surface area contributed by atoms with E-state index >= 15 is 0 Å². The van der Waals surface area contributed by atoms with Crippen LogP contribution < -0.4 is 10.2 Å². The fourth-order valence-corrected chi connectivity index (χ4v) is 2.64. The van der Waals surface area contributed by atoms with Crippen molar-refractivity contribution in [2.45, 2.75) is 0 Å². The molecule has 24 heavy (non-hydrogen) atoms. The summed E-state index contributed by atoms with van der Waals surface area (Å²) in [6.07, 6.45) is 6.65. The molecule has 2 aromatic carbocycles. The minimum Gasteiger partial charge on any atom is -0.480 e. The van der Waals surface area contributed by atoms with Crippen LogP contribution in [0.5, 0.6) is 5.75 Å². The van der Waals surface area contributed by atoms with Gasteiger partial charge in [0.15, 0.2) is 0 Å². The van der Waals surface area contributed by atoms with Crippen molar-refractivity contribution in [2.24, 2.45) is 5.10 Å². The molecule has 1 amide bonds. The molecule has 0 radical (unpaired) electrons. The second-order valence-corrected chi connectivity index (χ2v) is 6.26. The normalized spacial score (nSPS) is 10.4. The zero-order valence-electron chi connectivity index (χ0n) is 12.2. The summed E-state index contributed by atoms with van der Waals surface area (Å²) in [6.45, 7) is 0.134. The largest absolute Gasteiger partial charge is 0.480 e. The zero-order valence-corrected chi connectivity index (χ0v) is 15.3. The minimum absolute atomic E-state index is 0.134. The Labute approximate surface area is 157 Å². The molecular formula is C17H11BrCl2N2O2. The van der Waals surface area contributed by atoms with Gasteiger partial charge in [0.25, 0.3) is 5.91 Å². The number of hydrogen-bond acceptors (Lipinski definition) is 3. The summed E-state index contributed by atoms with van der Waals surface area (Å²) in [4.78, 5) is 12.1. The lowest BCUT2D eigenvalue weighted by Crippen LogP contribution is -2.18. The highest BCUT2D eigenvalue weighted by molar-refractivity contribution is 9.10. The van der Waals surface area contributed by atoms with Crippen molar-refractivity contribution >= 4 is 51.3 Å². The van der Waals surface area contributed by atoms with E-state index in [1.54, 1.807) is 18.2 Å². The summed E-state index contributed by atoms with van der Waals surface area (Å²) in [6, 6.07) is 9.94. The number of halogens is 3. The number of carbonyl (C=O) groups is 1. The quantitative estimate of drug-likeness (QED) is 0.434. The highest BCUT2D eigenvalue weighted by Crippen LogP contribution is 2.22. The monoisotopic (exact) mass is 424 g/mol. The van der Waals surface area contributed by atoms with Crippen LogP contribution in [-0.2, 0) is 0 Å². The molecule has 122 valence electrons. The maximum absolute atomic E-state index is 12.1. The number of hydrazone groups is 1. The van der Waals surface area contributed by atoms with E-state index in [-0.39, 0.29) is 17.2 Å². The lowest BCUT2D eigenvalue weighted by atomic mass is 10.2. The van der Waals surface area contributed by atoms with Gasteiger partial charge in [-0.25, -0.2) is 5.43 Å². The van der Waals surface area contributed by atoms with Crippen molar-refractivity contribution in [2.75, 3.05) is 6.61 Å². The molecule has 0 spiro atoms. The number of amides is 1. The van der Waals surface area contributed by atoms with E-state index < -0.39 is 5.91 Å². The highest BCUT2D eigenvalue weighted by atomic mass is 79.9. The summed E-state index contributed by atoms with van der Waals surface area (Å²) in [7, 11) is 0. The summed E-state index contributed by atoms with van der Waals surface area (Å²) in [5.74, 6) is 2.50. The number of nitrogens with one attached hydrogen (secondary N) is 1. The van der Waals surface area contributed by atoms with Gasteiger partial charge in [-0.3, -0.25) is 4.79 Å². The Morgan fingerprint density at radius 2 is 2.12 bits per heavy atom. The second kappa shape index (κ2) is 8.74. The first kappa shape index (κ1) is 18.3. The predicted molar refractivity (Wildman–Crippen MR) is 100.0 cm³/mol. The van der Waals surface area contributed by atoms with Crippen molar-refractivity contribution in [1.82, 2.24) is 5.43 Å². The number of rotatable bonds is 5. The number of nitrogens with zero attached hydrogens (tertiary/aromatic N) is 1. The first-order chi connectivity index (χ1) is 11.5. The number of benzene rings is 2. The lowest BCUT2D eigenvalue weighted by molar-refractivity contribution is 0.0955. The van der Waals surface area contributed by atoms with Gasteiger partial charge in [0.2, 0.25) is 0 Å². The van der Waals surface area contributed by atoms with Gasteiger partial charge in [0, 0.05) is 15.1 Å². The predicted octanol–water partition coefficient (Wildman–Crippen LogP) is 4.53. The average molecular weight is 426 g/mol. The molecule has 1 N–H and O–H groups in total. The van der Waals surface area contributed by atoms with Crippen molar-refractivity contribution < 1.29 is 9.53 Å². The van der Waals surface area contributed by atoms with Crippen LogP contribution in [0.25, 0.3) is 0 Å². The van der Waals surface area contributed by atoms with Gasteiger partial charge in [-0.05, 0) is 36.4 Å². The number of terminal acetylenes is 1. The fraction of sp³-hybridized carbons (Fsp3) is 0.0588. The van der Waals surface area contributed by atoms with Crippen LogP contribution in [0.4, 0.5) is 0 Å². The number of ether oxygens (including phenoxy) is 1. The molecule has 0 aromatic heterocycles. The average Bonchev–Trinajstić information content (AvgIpc) is 2.54. The molecule has 0 unspecified atom stereocenters. The van der Waals surface area contributed by atoms with Crippen molar-refractivity contribution in [1.29, 1.82) is 0 Å². The van der Waals surface area contributed by atoms with Gasteiger partial charge < -0.3 is 4.74 Å². The molecule has 0 aliphatic heterocycles. The van der Waals surface area contributed by atoms with Crippen LogP contribution in [0.1, 0.15) is 15.9 Å². The highest BCUT2D eigenvalue weighted by Gasteiger charge is 2.10. The van der Waals surface area contributed by atoms with Crippen molar-refractivity contribution in [3.05, 3.63) is 62.0 Å². The van der Waals surface area contributed by atoms with Crippen LogP contribution in [0.3, 0.4) is 0 Å². The standard InChI is InChI=1S/C17H11BrCl2N2O2/c1-2-7-24-16-6-3-12(18)8-11(16)10-21-22-17(23)14-5-4-13(19)9-15(14)20/h1,3-6,8-10H,7H2,(H,22,23). The molecule has 0 atom stereocenters. The third-order valence-electron chi connectivity index (χ3n) is 2.83. The smallest absolute Gasteiger partial charge is 0.272 e. The van der Waals surface area contributed by atoms with E-state index in [9.17, 15) is 4.79 Å². The number of hydrogen-bond donors (Lipinski definition) is 1. The Morgan fingerprint density at radius 3 is 2.83 bits per heavy atom. The first-order valence-electron chi connectivity index (χ1n) is 6.65. The van der Waals surface area contributed by atoms with Gasteiger partial charge in [-0.15, -0.1) is 6.42 Å². The molecule has 0 aliphatic rings. The van der Waals surface area contributed by atoms with Gasteiger partial charge >= 0.3 is 0 Å². The maximum Gasteiger partial charge on any atom is 0.272 e. The second-order valence-electron chi connectivity index (χ2n) is 4.50. The summed E-state index contributed by atoms with van der Waals surface area (Å²) in [5.41, 5.74) is 3.33. The van der Waals surface area contributed by atoms with Crippen molar-refractivity contribution in [3.8, 4) is 18.1 Å². The molecule has 2 aromatic rings. The SMILES string of the molecule is C#CCOc1ccc(Br)cc1C=NNC(=O)c1ccc(Cl)cc1Cl. The van der Waals surface area contributed by atoms with Crippen LogP contribution >= 0.6 is 39.1 Å². The molecule has 7 heteroatoms. The van der Waals surface area contributed by atoms with Crippen LogP contribution in [0.15, 0.2) is 46.0 Å². The Morgan fingerprint density at radius 1 is 1.33 bits per heavy atom. The van der Waals surface area contributed by atoms with E-state index in [0.717, 1.165) is 4.47 Å². The fourth-order valence-electron chi connectivity index (χ4n) is 1.77. The Bertz CT molecular complexity index is 832. The first-order valence-corrected chi connectivity index (χ1v) is 8.20. The van der Waals surface area contributed by atoms with E-state index in [2.05, 4.69) is 32.4 Å². The molecule has 0 fully saturated rings. The molecule has 0 bridgehead atoms. The van der Waals surface area contributed by atoms with Gasteiger partial charge in [-0.1, -0.05) is 45.1 Å². The lowest BCUT2D eigenvalue weighted by Gasteiger charge is -2.07. The molecule has 0 aliphatic carbocycles. The maximum atomic E-state index is 12.1. The third kappa shape index (κ3) is 5.00. The Balaban J connectivity index is 2.12. The van der Waals surface area contributed by atoms with E-state index in [1.165, 1.54) is 18.3 Å². The van der Waals surface area contributed by atoms with E-state index in [0.29, 0.717) is 16.3 Å². The minimum atomic E-state index is -0.450. The summed E-state index contributed by atoms with van der Waals surface area (Å²) in [5, 5.41) is 4.62. The zero-order chi connectivity index (χ0) is 17.5. The third-order valence-corrected chi connectivity index (χ3v) is 3.87. The number of carbonyl (C=O) groups excluding carboxylic acids is 1. The topological polar surface area (TPSA) is 50.7 Å². The van der Waals surface area contributed by atoms with Gasteiger partial charge in [-0.2, -0.15) is 5.10 Å². The van der Waals surface area contributed by atoms with Crippen LogP contribution in [-0.4, -0.2) is 18.7 Å². The Kier molecular flexibility index (Phi) is 6.68. The molecule has 4 nitrogen and oxygen atoms in total. The van der Waals surface area contributed by atoms with E-state index in [4.69, 9.17) is 34.4 Å². The van der Waals surface area contributed by atoms with Crippen LogP contribution in [0, 0.1) is 12.3 Å². The van der Waals surface area contributed by atoms with E-state index in [1.807, 2.05) is 6.07 Å². The Hall–Kier alpha value is -2.00. The summed E-state index contributed by atoms with van der Waals surface area (Å²) >= 11 is 15.1. The molecule has 0 saturated carbocycles. The van der Waals surface area contributed by atoms with Gasteiger partial charge in [0.1, 0.15) is 12.4 Å². The molecule has 2 rings (SSSR count). The molecule has 0 heterocycles. The van der Waals surface area contributed by atoms with Crippen LogP contribution in [0.2, 0.25) is 10.0 Å². The van der Waals surface area contributed by atoms with Crippen molar-refractivity contribution in [3.63, 3.8) is 0 Å².